The minimum absolute atomic E-state index is 0.104. The first-order valence-electron chi connectivity index (χ1n) is 14.5. The number of piperidine rings is 1. The van der Waals surface area contributed by atoms with Crippen molar-refractivity contribution in [2.24, 2.45) is 0 Å². The summed E-state index contributed by atoms with van der Waals surface area (Å²) in [6.07, 6.45) is 4.39. The van der Waals surface area contributed by atoms with Crippen molar-refractivity contribution in [1.29, 1.82) is 0 Å². The molecule has 0 bridgehead atoms. The van der Waals surface area contributed by atoms with E-state index in [1.54, 1.807) is 4.90 Å². The lowest BCUT2D eigenvalue weighted by molar-refractivity contribution is -0.110. The van der Waals surface area contributed by atoms with Crippen molar-refractivity contribution in [3.05, 3.63) is 65.2 Å². The van der Waals surface area contributed by atoms with Gasteiger partial charge in [-0.05, 0) is 88.2 Å². The number of carbonyl (C=O) groups excluding carboxylic acids is 2. The zero-order valence-corrected chi connectivity index (χ0v) is 24.5. The number of nitrogens with zero attached hydrogens (tertiary/aromatic N) is 2. The first-order valence-corrected chi connectivity index (χ1v) is 14.5. The molecular formula is C33H40N4O4. The van der Waals surface area contributed by atoms with Crippen molar-refractivity contribution >= 4 is 35.0 Å². The van der Waals surface area contributed by atoms with Crippen LogP contribution in [0.3, 0.4) is 0 Å². The number of hydrogen-bond acceptors (Lipinski definition) is 6. The average Bonchev–Trinajstić information content (AvgIpc) is 3.32. The van der Waals surface area contributed by atoms with E-state index in [0.29, 0.717) is 31.9 Å². The Hall–Kier alpha value is -4.04. The van der Waals surface area contributed by atoms with E-state index in [1.165, 1.54) is 0 Å². The third kappa shape index (κ3) is 6.49. The molecule has 5 rings (SSSR count). The van der Waals surface area contributed by atoms with Crippen LogP contribution in [0.2, 0.25) is 0 Å². The number of amides is 2. The summed E-state index contributed by atoms with van der Waals surface area (Å²) in [6, 6.07) is 16.6. The SMILES string of the molecule is CCOC(=O)N1CCC(Nc2ccc3c(c2)NC(=O)/C3=C/c2cc(C)c3c(OCCCN(C)C)ccccc2-3)CC1. The monoisotopic (exact) mass is 556 g/mol. The zero-order valence-electron chi connectivity index (χ0n) is 24.5. The van der Waals surface area contributed by atoms with Crippen LogP contribution < -0.4 is 15.4 Å². The molecule has 0 spiro atoms. The number of nitrogens with one attached hydrogen (secondary N) is 2. The largest absolute Gasteiger partial charge is 0.493 e. The lowest BCUT2D eigenvalue weighted by atomic mass is 10.0. The molecule has 1 fully saturated rings. The van der Waals surface area contributed by atoms with E-state index in [2.05, 4.69) is 48.7 Å². The Morgan fingerprint density at radius 2 is 1.90 bits per heavy atom. The second kappa shape index (κ2) is 12.6. The quantitative estimate of drug-likeness (QED) is 0.250. The van der Waals surface area contributed by atoms with E-state index in [-0.39, 0.29) is 18.0 Å². The van der Waals surface area contributed by atoms with Gasteiger partial charge in [0.2, 0.25) is 0 Å². The zero-order chi connectivity index (χ0) is 28.9. The van der Waals surface area contributed by atoms with Crippen LogP contribution in [0.25, 0.3) is 22.8 Å². The molecule has 1 aromatic carbocycles. The first-order chi connectivity index (χ1) is 19.8. The molecule has 0 atom stereocenters. The summed E-state index contributed by atoms with van der Waals surface area (Å²) in [7, 11) is 4.13. The molecule has 1 saturated heterocycles. The topological polar surface area (TPSA) is 83.1 Å². The van der Waals surface area contributed by atoms with Gasteiger partial charge < -0.3 is 29.9 Å². The summed E-state index contributed by atoms with van der Waals surface area (Å²) in [5.74, 6) is 0.762. The van der Waals surface area contributed by atoms with Gasteiger partial charge in [0.15, 0.2) is 0 Å². The van der Waals surface area contributed by atoms with Crippen LogP contribution in [0, 0.1) is 6.92 Å². The Kier molecular flexibility index (Phi) is 8.78. The number of hydrogen-bond donors (Lipinski definition) is 2. The third-order valence-electron chi connectivity index (χ3n) is 7.72. The number of benzene rings is 1. The van der Waals surface area contributed by atoms with Crippen LogP contribution in [-0.2, 0) is 9.53 Å². The van der Waals surface area contributed by atoms with Crippen molar-refractivity contribution in [2.75, 3.05) is 57.6 Å². The highest BCUT2D eigenvalue weighted by atomic mass is 16.6. The smallest absolute Gasteiger partial charge is 0.409 e. The molecule has 0 unspecified atom stereocenters. The summed E-state index contributed by atoms with van der Waals surface area (Å²) < 4.78 is 11.3. The normalized spacial score (nSPS) is 16.3. The summed E-state index contributed by atoms with van der Waals surface area (Å²) in [5, 5.41) is 6.63. The summed E-state index contributed by atoms with van der Waals surface area (Å²) in [6.45, 7) is 7.26. The van der Waals surface area contributed by atoms with Crippen LogP contribution in [0.1, 0.15) is 42.9 Å². The number of likely N-dealkylation sites (tertiary alicyclic amines) is 1. The third-order valence-corrected chi connectivity index (χ3v) is 7.72. The van der Waals surface area contributed by atoms with E-state index >= 15 is 0 Å². The molecule has 41 heavy (non-hydrogen) atoms. The molecule has 0 aromatic heterocycles. The number of carbonyl (C=O) groups is 2. The van der Waals surface area contributed by atoms with Crippen LogP contribution in [0.5, 0.6) is 5.75 Å². The summed E-state index contributed by atoms with van der Waals surface area (Å²) >= 11 is 0. The Labute approximate surface area is 242 Å². The molecule has 8 heteroatoms. The average molecular weight is 557 g/mol. The van der Waals surface area contributed by atoms with Gasteiger partial charge >= 0.3 is 6.09 Å². The number of aryl methyl sites for hydroxylation is 1. The van der Waals surface area contributed by atoms with Gasteiger partial charge in [-0.25, -0.2) is 4.79 Å². The van der Waals surface area contributed by atoms with Gasteiger partial charge in [-0.2, -0.15) is 0 Å². The molecule has 1 aromatic rings. The van der Waals surface area contributed by atoms with E-state index in [1.807, 2.05) is 49.4 Å². The highest BCUT2D eigenvalue weighted by Gasteiger charge is 2.27. The molecule has 2 amide bonds. The van der Waals surface area contributed by atoms with Gasteiger partial charge in [-0.1, -0.05) is 30.3 Å². The van der Waals surface area contributed by atoms with Crippen molar-refractivity contribution in [3.8, 4) is 16.9 Å². The van der Waals surface area contributed by atoms with Gasteiger partial charge in [-0.15, -0.1) is 0 Å². The highest BCUT2D eigenvalue weighted by molar-refractivity contribution is 6.35. The minimum atomic E-state index is -0.240. The minimum Gasteiger partial charge on any atom is -0.493 e. The maximum atomic E-state index is 13.1. The van der Waals surface area contributed by atoms with Gasteiger partial charge in [0.1, 0.15) is 5.75 Å². The van der Waals surface area contributed by atoms with Gasteiger partial charge in [-0.3, -0.25) is 4.79 Å². The van der Waals surface area contributed by atoms with Gasteiger partial charge in [0.05, 0.1) is 18.9 Å². The lowest BCUT2D eigenvalue weighted by Gasteiger charge is -2.32. The Balaban J connectivity index is 1.31. The van der Waals surface area contributed by atoms with Crippen molar-refractivity contribution in [2.45, 2.75) is 39.2 Å². The van der Waals surface area contributed by atoms with E-state index in [4.69, 9.17) is 9.47 Å². The van der Waals surface area contributed by atoms with Crippen LogP contribution in [-0.4, -0.2) is 74.8 Å². The molecular weight excluding hydrogens is 516 g/mol. The first kappa shape index (κ1) is 28.5. The molecule has 216 valence electrons. The number of fused-ring (bicyclic) bond motifs is 2. The summed E-state index contributed by atoms with van der Waals surface area (Å²) in [4.78, 5) is 29.0. The Bertz CT molecular complexity index is 1410. The molecule has 2 aliphatic carbocycles. The molecule has 2 N–H and O–H groups in total. The van der Waals surface area contributed by atoms with Crippen molar-refractivity contribution in [3.63, 3.8) is 0 Å². The molecule has 4 aliphatic rings. The maximum absolute atomic E-state index is 13.1. The predicted octanol–water partition coefficient (Wildman–Crippen LogP) is 5.96. The Morgan fingerprint density at radius 3 is 2.66 bits per heavy atom. The molecule has 8 nitrogen and oxygen atoms in total. The number of ether oxygens (including phenoxy) is 2. The van der Waals surface area contributed by atoms with Crippen molar-refractivity contribution < 1.29 is 19.1 Å². The Morgan fingerprint density at radius 1 is 1.12 bits per heavy atom. The molecule has 2 heterocycles. The standard InChI is InChI=1S/C33H40N4O4/c1-5-40-33(39)37-16-13-24(14-17-37)34-25-11-12-27-28(32(38)35-29(27)21-25)20-23-19-22(2)31-26(23)9-6-7-10-30(31)41-18-8-15-36(3)4/h6-7,9-12,19-21,24,34H,5,8,13-18H2,1-4H3,(H,35,38)/b28-20+. The van der Waals surface area contributed by atoms with Gasteiger partial charge in [0, 0.05) is 48.1 Å². The molecule has 0 radical (unpaired) electrons. The maximum Gasteiger partial charge on any atom is 0.409 e. The highest BCUT2D eigenvalue weighted by Crippen LogP contribution is 2.42. The second-order valence-corrected chi connectivity index (χ2v) is 11.0. The van der Waals surface area contributed by atoms with E-state index in [0.717, 1.165) is 70.7 Å². The molecule has 2 aliphatic heterocycles. The number of rotatable bonds is 9. The fraction of sp³-hybridized carbons (Fsp3) is 0.394. The number of anilines is 2. The van der Waals surface area contributed by atoms with E-state index < -0.39 is 0 Å². The molecule has 0 saturated carbocycles. The van der Waals surface area contributed by atoms with Gasteiger partial charge in [0.25, 0.3) is 5.91 Å². The second-order valence-electron chi connectivity index (χ2n) is 11.0. The lowest BCUT2D eigenvalue weighted by Crippen LogP contribution is -2.42. The van der Waals surface area contributed by atoms with Crippen LogP contribution in [0.4, 0.5) is 16.2 Å². The summed E-state index contributed by atoms with van der Waals surface area (Å²) in [5.41, 5.74) is 7.58. The van der Waals surface area contributed by atoms with E-state index in [9.17, 15) is 9.59 Å². The van der Waals surface area contributed by atoms with Crippen molar-refractivity contribution in [1.82, 2.24) is 9.80 Å². The fourth-order valence-electron chi connectivity index (χ4n) is 5.67. The van der Waals surface area contributed by atoms with Crippen LogP contribution >= 0.6 is 0 Å². The predicted molar refractivity (Wildman–Crippen MR) is 165 cm³/mol. The fourth-order valence-corrected chi connectivity index (χ4v) is 5.67. The van der Waals surface area contributed by atoms with Crippen LogP contribution in [0.15, 0.2) is 48.5 Å².